The highest BCUT2D eigenvalue weighted by atomic mass is 127. The number of cyclic esters (lactones) is 1. The zero-order chi connectivity index (χ0) is 17.4. The number of amides is 1. The second kappa shape index (κ2) is 7.36. The van der Waals surface area contributed by atoms with E-state index in [1.807, 2.05) is 6.08 Å². The summed E-state index contributed by atoms with van der Waals surface area (Å²) in [5.74, 6) is 1.27. The van der Waals surface area contributed by atoms with E-state index in [2.05, 4.69) is 83.2 Å². The highest BCUT2D eigenvalue weighted by Crippen LogP contribution is 2.40. The molecule has 24 heavy (non-hydrogen) atoms. The minimum Gasteiger partial charge on any atom is -0.491 e. The van der Waals surface area contributed by atoms with Crippen LogP contribution in [0, 0.1) is 19.0 Å². The fraction of sp³-hybridized carbons (Fsp3) is 0.471. The Morgan fingerprint density at radius 2 is 2.08 bits per heavy atom. The molecular formula is C17H20I2N2O3. The molecular weight excluding hydrogens is 534 g/mol. The van der Waals surface area contributed by atoms with E-state index < -0.39 is 0 Å². The summed E-state index contributed by atoms with van der Waals surface area (Å²) in [6.07, 6.45) is 1.57. The minimum atomic E-state index is -0.315. The van der Waals surface area contributed by atoms with Crippen LogP contribution in [0.1, 0.15) is 25.5 Å². The molecule has 0 unspecified atom stereocenters. The Labute approximate surface area is 169 Å². The van der Waals surface area contributed by atoms with Gasteiger partial charge in [0.1, 0.15) is 12.4 Å². The van der Waals surface area contributed by atoms with E-state index in [0.717, 1.165) is 18.5 Å². The molecule has 0 aliphatic carbocycles. The van der Waals surface area contributed by atoms with Gasteiger partial charge in [0, 0.05) is 15.1 Å². The fourth-order valence-electron chi connectivity index (χ4n) is 3.06. The molecule has 2 aliphatic heterocycles. The van der Waals surface area contributed by atoms with Crippen molar-refractivity contribution >= 4 is 51.3 Å². The van der Waals surface area contributed by atoms with E-state index in [1.165, 1.54) is 0 Å². The van der Waals surface area contributed by atoms with Crippen molar-refractivity contribution in [1.29, 1.82) is 0 Å². The average Bonchev–Trinajstić information content (AvgIpc) is 2.89. The maximum atomic E-state index is 12.2. The number of carbonyl (C=O) groups excluding carboxylic acids is 1. The van der Waals surface area contributed by atoms with Gasteiger partial charge in [-0.2, -0.15) is 0 Å². The van der Waals surface area contributed by atoms with Gasteiger partial charge in [0.15, 0.2) is 0 Å². The number of ether oxygens (including phenoxy) is 2. The van der Waals surface area contributed by atoms with E-state index in [9.17, 15) is 4.79 Å². The van der Waals surface area contributed by atoms with Crippen LogP contribution in [0.2, 0.25) is 0 Å². The predicted molar refractivity (Wildman–Crippen MR) is 109 cm³/mol. The first-order valence-electron chi connectivity index (χ1n) is 7.88. The van der Waals surface area contributed by atoms with Gasteiger partial charge in [-0.15, -0.1) is 6.58 Å². The second-order valence-electron chi connectivity index (χ2n) is 6.38. The molecule has 0 saturated carbocycles. The molecule has 1 aromatic rings. The van der Waals surface area contributed by atoms with Gasteiger partial charge in [0.05, 0.1) is 22.3 Å². The predicted octanol–water partition coefficient (Wildman–Crippen LogP) is 4.11. The number of nitrogens with one attached hydrogen (secondary N) is 1. The molecule has 2 aliphatic rings. The van der Waals surface area contributed by atoms with Gasteiger partial charge in [-0.1, -0.05) is 19.9 Å². The summed E-state index contributed by atoms with van der Waals surface area (Å²) in [6, 6.07) is 4.15. The van der Waals surface area contributed by atoms with Crippen LogP contribution >= 0.6 is 45.2 Å². The number of hydrogen-bond acceptors (Lipinski definition) is 4. The van der Waals surface area contributed by atoms with E-state index in [1.54, 1.807) is 5.01 Å². The van der Waals surface area contributed by atoms with E-state index in [4.69, 9.17) is 9.47 Å². The summed E-state index contributed by atoms with van der Waals surface area (Å²) in [7, 11) is 0. The lowest BCUT2D eigenvalue weighted by Crippen LogP contribution is -2.51. The average molecular weight is 554 g/mol. The summed E-state index contributed by atoms with van der Waals surface area (Å²) in [5.41, 5.74) is 4.47. The Kier molecular flexibility index (Phi) is 5.60. The summed E-state index contributed by atoms with van der Waals surface area (Å²) in [5, 5.41) is 1.65. The summed E-state index contributed by atoms with van der Waals surface area (Å²) < 4.78 is 13.4. The van der Waals surface area contributed by atoms with Gasteiger partial charge >= 0.3 is 6.09 Å². The summed E-state index contributed by atoms with van der Waals surface area (Å²) in [6.45, 7) is 9.09. The second-order valence-corrected chi connectivity index (χ2v) is 8.79. The van der Waals surface area contributed by atoms with Crippen molar-refractivity contribution in [3.05, 3.63) is 37.5 Å². The van der Waals surface area contributed by atoms with Crippen molar-refractivity contribution in [2.75, 3.05) is 13.2 Å². The van der Waals surface area contributed by atoms with Gasteiger partial charge in [0.2, 0.25) is 0 Å². The first kappa shape index (κ1) is 18.2. The van der Waals surface area contributed by atoms with Crippen LogP contribution in [0.5, 0.6) is 5.75 Å². The number of hydrazine groups is 1. The molecule has 5 nitrogen and oxygen atoms in total. The zero-order valence-corrected chi connectivity index (χ0v) is 17.9. The third-order valence-corrected chi connectivity index (χ3v) is 5.90. The lowest BCUT2D eigenvalue weighted by molar-refractivity contribution is 0.0962. The normalized spacial score (nSPS) is 26.1. The molecule has 0 radical (unpaired) electrons. The Bertz CT molecular complexity index is 665. The molecule has 130 valence electrons. The Morgan fingerprint density at radius 3 is 2.75 bits per heavy atom. The highest BCUT2D eigenvalue weighted by molar-refractivity contribution is 14.1. The number of hydrogen-bond donors (Lipinski definition) is 1. The molecule has 3 rings (SSSR count). The molecule has 1 saturated heterocycles. The lowest BCUT2D eigenvalue weighted by Gasteiger charge is -2.37. The van der Waals surface area contributed by atoms with E-state index in [0.29, 0.717) is 19.1 Å². The van der Waals surface area contributed by atoms with E-state index >= 15 is 0 Å². The van der Waals surface area contributed by atoms with Crippen LogP contribution < -0.4 is 10.2 Å². The van der Waals surface area contributed by atoms with Gasteiger partial charge in [-0.25, -0.2) is 15.2 Å². The Balaban J connectivity index is 1.96. The fourth-order valence-corrected chi connectivity index (χ4v) is 5.11. The largest absolute Gasteiger partial charge is 0.491 e. The first-order chi connectivity index (χ1) is 11.4. The summed E-state index contributed by atoms with van der Waals surface area (Å²) >= 11 is 4.60. The molecule has 7 heteroatoms. The molecule has 0 aromatic heterocycles. The smallest absolute Gasteiger partial charge is 0.424 e. The first-order valence-corrected chi connectivity index (χ1v) is 10.0. The molecule has 2 heterocycles. The number of carbonyl (C=O) groups is 1. The number of benzene rings is 1. The van der Waals surface area contributed by atoms with Gasteiger partial charge < -0.3 is 9.47 Å². The van der Waals surface area contributed by atoms with Crippen LogP contribution in [0.15, 0.2) is 24.8 Å². The maximum Gasteiger partial charge on any atom is 0.424 e. The number of halogens is 2. The quantitative estimate of drug-likeness (QED) is 0.450. The van der Waals surface area contributed by atoms with Crippen LogP contribution in [-0.2, 0) is 4.74 Å². The topological polar surface area (TPSA) is 50.8 Å². The molecule has 0 spiro atoms. The van der Waals surface area contributed by atoms with Crippen LogP contribution in [0.3, 0.4) is 0 Å². The van der Waals surface area contributed by atoms with Gasteiger partial charge in [-0.3, -0.25) is 0 Å². The molecule has 1 fully saturated rings. The third-order valence-electron chi connectivity index (χ3n) is 4.48. The Hall–Kier alpha value is -0.550. The van der Waals surface area contributed by atoms with Crippen molar-refractivity contribution in [2.45, 2.75) is 25.9 Å². The molecule has 0 bridgehead atoms. The number of rotatable bonds is 4. The maximum absolute atomic E-state index is 12.2. The zero-order valence-electron chi connectivity index (χ0n) is 13.6. The molecule has 1 amide bonds. The Morgan fingerprint density at radius 1 is 1.33 bits per heavy atom. The van der Waals surface area contributed by atoms with Crippen molar-refractivity contribution < 1.29 is 14.3 Å². The lowest BCUT2D eigenvalue weighted by atomic mass is 9.91. The van der Waals surface area contributed by atoms with E-state index in [-0.39, 0.29) is 24.1 Å². The number of nitrogens with zero attached hydrogens (tertiary/aromatic N) is 1. The van der Waals surface area contributed by atoms with Crippen molar-refractivity contribution in [3.63, 3.8) is 0 Å². The molecule has 1 N–H and O–H groups in total. The van der Waals surface area contributed by atoms with Gasteiger partial charge in [-0.05, 0) is 63.2 Å². The molecule has 1 aromatic carbocycles. The van der Waals surface area contributed by atoms with Crippen LogP contribution in [0.4, 0.5) is 4.79 Å². The SMILES string of the molecule is C=C[C@H]1COc2c(I)cc(I)cc2[C@H]1NN1C(=O)OC[C@@H]1C(C)C. The van der Waals surface area contributed by atoms with Gasteiger partial charge in [0.25, 0.3) is 0 Å². The minimum absolute atomic E-state index is 0.0242. The standard InChI is InChI=1S/C17H20I2N2O3/c1-4-10-7-23-16-12(5-11(18)6-13(16)19)15(10)20-21-14(9(2)3)8-24-17(21)22/h4-6,9-10,14-15,20H,1,7-8H2,2-3H3/t10-,14+,15-/m0/s1. The van der Waals surface area contributed by atoms with Crippen LogP contribution in [-0.4, -0.2) is 30.4 Å². The summed E-state index contributed by atoms with van der Waals surface area (Å²) in [4.78, 5) is 12.2. The third kappa shape index (κ3) is 3.39. The van der Waals surface area contributed by atoms with Crippen molar-refractivity contribution in [3.8, 4) is 5.75 Å². The number of fused-ring (bicyclic) bond motifs is 1. The van der Waals surface area contributed by atoms with Crippen LogP contribution in [0.25, 0.3) is 0 Å². The molecule has 3 atom stereocenters. The highest BCUT2D eigenvalue weighted by Gasteiger charge is 2.40. The van der Waals surface area contributed by atoms with Crippen molar-refractivity contribution in [1.82, 2.24) is 10.4 Å². The van der Waals surface area contributed by atoms with Crippen molar-refractivity contribution in [2.24, 2.45) is 11.8 Å². The monoisotopic (exact) mass is 554 g/mol.